The van der Waals surface area contributed by atoms with E-state index in [1.807, 2.05) is 12.2 Å². The van der Waals surface area contributed by atoms with Gasteiger partial charge in [0.05, 0.1) is 11.8 Å². The summed E-state index contributed by atoms with van der Waals surface area (Å²) in [5, 5.41) is 0. The molecule has 2 unspecified atom stereocenters. The molecule has 2 heterocycles. The van der Waals surface area contributed by atoms with E-state index in [-0.39, 0.29) is 38.0 Å². The minimum atomic E-state index is -4.01. The number of sulfonamides is 1. The zero-order valence-electron chi connectivity index (χ0n) is 17.1. The number of carbonyl (C=O) groups is 3. The van der Waals surface area contributed by atoms with Crippen LogP contribution in [-0.4, -0.2) is 72.5 Å². The predicted octanol–water partition coefficient (Wildman–Crippen LogP) is 0.998. The highest BCUT2D eigenvalue weighted by atomic mass is 32.2. The molecule has 31 heavy (non-hydrogen) atoms. The van der Waals surface area contributed by atoms with E-state index in [4.69, 9.17) is 0 Å². The Balaban J connectivity index is 1.42. The molecule has 2 fully saturated rings. The SMILES string of the molecule is C[C@@H](C(=O)N1CCN(S(=O)(=O)c2ccccc2F)CC1)N1C(=O)C2CC=CCC2C1=O. The molecule has 3 amide bonds. The summed E-state index contributed by atoms with van der Waals surface area (Å²) in [6.07, 6.45) is 4.77. The molecule has 8 nitrogen and oxygen atoms in total. The van der Waals surface area contributed by atoms with E-state index in [2.05, 4.69) is 0 Å². The van der Waals surface area contributed by atoms with Crippen molar-refractivity contribution in [3.8, 4) is 0 Å². The summed E-state index contributed by atoms with van der Waals surface area (Å²) in [5.74, 6) is -2.67. The van der Waals surface area contributed by atoms with Crippen molar-refractivity contribution in [3.05, 3.63) is 42.2 Å². The number of allylic oxidation sites excluding steroid dienone is 2. The number of fused-ring (bicyclic) bond motifs is 1. The predicted molar refractivity (Wildman–Crippen MR) is 108 cm³/mol. The molecule has 0 spiro atoms. The molecule has 2 aliphatic heterocycles. The number of carbonyl (C=O) groups excluding carboxylic acids is 3. The molecule has 0 aromatic heterocycles. The van der Waals surface area contributed by atoms with Gasteiger partial charge in [0.25, 0.3) is 0 Å². The summed E-state index contributed by atoms with van der Waals surface area (Å²) in [4.78, 5) is 40.6. The number of benzene rings is 1. The maximum Gasteiger partial charge on any atom is 0.246 e. The Morgan fingerprint density at radius 1 is 1.00 bits per heavy atom. The van der Waals surface area contributed by atoms with Crippen LogP contribution in [0.4, 0.5) is 4.39 Å². The van der Waals surface area contributed by atoms with Gasteiger partial charge < -0.3 is 4.90 Å². The van der Waals surface area contributed by atoms with Gasteiger partial charge in [-0.25, -0.2) is 12.8 Å². The van der Waals surface area contributed by atoms with Crippen molar-refractivity contribution in [2.45, 2.75) is 30.7 Å². The lowest BCUT2D eigenvalue weighted by atomic mass is 9.85. The summed E-state index contributed by atoms with van der Waals surface area (Å²) in [5.41, 5.74) is 0. The average molecular weight is 450 g/mol. The van der Waals surface area contributed by atoms with E-state index in [1.54, 1.807) is 0 Å². The second-order valence-electron chi connectivity index (χ2n) is 8.04. The number of hydrogen-bond donors (Lipinski definition) is 0. The number of piperazine rings is 1. The van der Waals surface area contributed by atoms with Gasteiger partial charge in [0, 0.05) is 26.2 Å². The van der Waals surface area contributed by atoms with Crippen molar-refractivity contribution in [3.63, 3.8) is 0 Å². The Morgan fingerprint density at radius 2 is 1.55 bits per heavy atom. The lowest BCUT2D eigenvalue weighted by Crippen LogP contribution is -2.56. The first kappa shape index (κ1) is 21.6. The van der Waals surface area contributed by atoms with Gasteiger partial charge in [0.1, 0.15) is 16.8 Å². The maximum absolute atomic E-state index is 14.0. The van der Waals surface area contributed by atoms with Crippen LogP contribution in [0.2, 0.25) is 0 Å². The Bertz CT molecular complexity index is 1020. The fourth-order valence-corrected chi connectivity index (χ4v) is 6.01. The second kappa shape index (κ2) is 8.16. The van der Waals surface area contributed by atoms with E-state index in [0.29, 0.717) is 12.8 Å². The van der Waals surface area contributed by atoms with E-state index in [1.165, 1.54) is 30.0 Å². The van der Waals surface area contributed by atoms with E-state index >= 15 is 0 Å². The first-order chi connectivity index (χ1) is 14.7. The maximum atomic E-state index is 14.0. The zero-order chi connectivity index (χ0) is 22.3. The number of rotatable bonds is 4. The molecule has 1 aromatic carbocycles. The molecule has 1 aromatic rings. The zero-order valence-corrected chi connectivity index (χ0v) is 17.9. The Labute approximate surface area is 180 Å². The van der Waals surface area contributed by atoms with Gasteiger partial charge in [-0.1, -0.05) is 24.3 Å². The van der Waals surface area contributed by atoms with Crippen LogP contribution in [0.25, 0.3) is 0 Å². The smallest absolute Gasteiger partial charge is 0.246 e. The van der Waals surface area contributed by atoms with Gasteiger partial charge in [0.2, 0.25) is 27.7 Å². The molecule has 166 valence electrons. The Morgan fingerprint density at radius 3 is 2.10 bits per heavy atom. The van der Waals surface area contributed by atoms with Crippen molar-refractivity contribution in [1.82, 2.24) is 14.1 Å². The van der Waals surface area contributed by atoms with Gasteiger partial charge in [-0.2, -0.15) is 4.31 Å². The quantitative estimate of drug-likeness (QED) is 0.505. The molecule has 10 heteroatoms. The van der Waals surface area contributed by atoms with Crippen molar-refractivity contribution in [2.24, 2.45) is 11.8 Å². The van der Waals surface area contributed by atoms with Crippen molar-refractivity contribution >= 4 is 27.7 Å². The van der Waals surface area contributed by atoms with Crippen LogP contribution >= 0.6 is 0 Å². The third kappa shape index (κ3) is 3.67. The van der Waals surface area contributed by atoms with Gasteiger partial charge in [-0.05, 0) is 31.9 Å². The minimum absolute atomic E-state index is 0.00614. The summed E-state index contributed by atoms with van der Waals surface area (Å²) in [6.45, 7) is 1.74. The molecular formula is C21H24FN3O5S. The van der Waals surface area contributed by atoms with Gasteiger partial charge in [-0.3, -0.25) is 19.3 Å². The fourth-order valence-electron chi connectivity index (χ4n) is 4.52. The van der Waals surface area contributed by atoms with Crippen LogP contribution in [0.1, 0.15) is 19.8 Å². The van der Waals surface area contributed by atoms with Crippen LogP contribution in [0.5, 0.6) is 0 Å². The van der Waals surface area contributed by atoms with Gasteiger partial charge in [-0.15, -0.1) is 0 Å². The van der Waals surface area contributed by atoms with E-state index in [0.717, 1.165) is 15.3 Å². The standard InChI is InChI=1S/C21H24FN3O5S/c1-14(25-20(27)15-6-2-3-7-16(15)21(25)28)19(26)23-10-12-24(13-11-23)31(29,30)18-9-5-4-8-17(18)22/h2-5,8-9,14-16H,6-7,10-13H2,1H3/t14-,15?,16?/m0/s1. The van der Waals surface area contributed by atoms with Crippen LogP contribution in [0.3, 0.4) is 0 Å². The average Bonchev–Trinajstić information content (AvgIpc) is 3.03. The summed E-state index contributed by atoms with van der Waals surface area (Å²) >= 11 is 0. The third-order valence-electron chi connectivity index (χ3n) is 6.29. The lowest BCUT2D eigenvalue weighted by molar-refractivity contribution is -0.151. The van der Waals surface area contributed by atoms with Crippen LogP contribution < -0.4 is 0 Å². The largest absolute Gasteiger partial charge is 0.338 e. The molecule has 0 N–H and O–H groups in total. The monoisotopic (exact) mass is 449 g/mol. The summed E-state index contributed by atoms with van der Waals surface area (Å²) in [6, 6.07) is 4.23. The first-order valence-corrected chi connectivity index (χ1v) is 11.7. The van der Waals surface area contributed by atoms with Gasteiger partial charge in [0.15, 0.2) is 0 Å². The van der Waals surface area contributed by atoms with Crippen LogP contribution in [-0.2, 0) is 24.4 Å². The van der Waals surface area contributed by atoms with Crippen molar-refractivity contribution < 1.29 is 27.2 Å². The summed E-state index contributed by atoms with van der Waals surface area (Å²) < 4.78 is 40.6. The lowest BCUT2D eigenvalue weighted by Gasteiger charge is -2.36. The molecule has 3 atom stereocenters. The second-order valence-corrected chi connectivity index (χ2v) is 9.94. The molecule has 2 saturated heterocycles. The van der Waals surface area contributed by atoms with Crippen molar-refractivity contribution in [2.75, 3.05) is 26.2 Å². The topological polar surface area (TPSA) is 95.1 Å². The highest BCUT2D eigenvalue weighted by Crippen LogP contribution is 2.36. The molecule has 0 bridgehead atoms. The minimum Gasteiger partial charge on any atom is -0.338 e. The first-order valence-electron chi connectivity index (χ1n) is 10.3. The molecule has 0 radical (unpaired) electrons. The van der Waals surface area contributed by atoms with Gasteiger partial charge >= 0.3 is 0 Å². The third-order valence-corrected chi connectivity index (χ3v) is 8.22. The number of likely N-dealkylation sites (tertiary alicyclic amines) is 1. The number of imide groups is 1. The summed E-state index contributed by atoms with van der Waals surface area (Å²) in [7, 11) is -4.01. The van der Waals surface area contributed by atoms with Crippen molar-refractivity contribution in [1.29, 1.82) is 0 Å². The number of halogens is 1. The molecule has 3 aliphatic rings. The van der Waals surface area contributed by atoms with E-state index < -0.39 is 44.5 Å². The highest BCUT2D eigenvalue weighted by Gasteiger charge is 2.50. The molecule has 1 aliphatic carbocycles. The molecule has 4 rings (SSSR count). The molecular weight excluding hydrogens is 425 g/mol. The Hall–Kier alpha value is -2.59. The number of nitrogens with zero attached hydrogens (tertiary/aromatic N) is 3. The normalized spacial score (nSPS) is 25.6. The van der Waals surface area contributed by atoms with Crippen LogP contribution in [0.15, 0.2) is 41.3 Å². The Kier molecular flexibility index (Phi) is 5.69. The molecule has 0 saturated carbocycles. The number of hydrogen-bond acceptors (Lipinski definition) is 5. The highest BCUT2D eigenvalue weighted by molar-refractivity contribution is 7.89. The van der Waals surface area contributed by atoms with E-state index in [9.17, 15) is 27.2 Å². The fraction of sp³-hybridized carbons (Fsp3) is 0.476. The number of amides is 3. The van der Waals surface area contributed by atoms with Crippen LogP contribution in [0, 0.1) is 17.7 Å².